The number of amides is 3. The zero-order valence-corrected chi connectivity index (χ0v) is 15.5. The van der Waals surface area contributed by atoms with Crippen molar-refractivity contribution in [2.45, 2.75) is 44.7 Å². The van der Waals surface area contributed by atoms with Crippen molar-refractivity contribution < 1.29 is 14.4 Å². The lowest BCUT2D eigenvalue weighted by atomic mass is 9.85. The number of nitrogens with one attached hydrogen (secondary N) is 2. The Balaban J connectivity index is 1.83. The Labute approximate surface area is 158 Å². The highest BCUT2D eigenvalue weighted by atomic mass is 16.2. The number of allylic oxidation sites excluding steroid dienone is 1. The van der Waals surface area contributed by atoms with E-state index in [2.05, 4.69) is 10.6 Å². The second kappa shape index (κ2) is 6.37. The van der Waals surface area contributed by atoms with Crippen LogP contribution in [-0.4, -0.2) is 40.7 Å². The van der Waals surface area contributed by atoms with Gasteiger partial charge in [-0.25, -0.2) is 0 Å². The van der Waals surface area contributed by atoms with Gasteiger partial charge in [-0.05, 0) is 38.8 Å². The van der Waals surface area contributed by atoms with Crippen molar-refractivity contribution >= 4 is 29.0 Å². The first kappa shape index (κ1) is 17.5. The normalized spacial score (nSPS) is 27.9. The fraction of sp³-hybridized carbons (Fsp3) is 0.381. The van der Waals surface area contributed by atoms with Gasteiger partial charge in [-0.2, -0.15) is 0 Å². The van der Waals surface area contributed by atoms with Gasteiger partial charge in [-0.1, -0.05) is 29.8 Å². The molecule has 0 spiro atoms. The van der Waals surface area contributed by atoms with Gasteiger partial charge in [0.2, 0.25) is 5.91 Å². The monoisotopic (exact) mass is 365 g/mol. The molecular formula is C21H23N3O3. The van der Waals surface area contributed by atoms with Crippen LogP contribution in [0.2, 0.25) is 0 Å². The Morgan fingerprint density at radius 2 is 2.04 bits per heavy atom. The summed E-state index contributed by atoms with van der Waals surface area (Å²) in [5, 5.41) is 5.78. The lowest BCUT2D eigenvalue weighted by molar-refractivity contribution is -0.150. The van der Waals surface area contributed by atoms with Gasteiger partial charge in [0.05, 0.1) is 0 Å². The lowest BCUT2D eigenvalue weighted by Gasteiger charge is -2.42. The molecule has 1 aromatic rings. The largest absolute Gasteiger partial charge is 0.336 e. The molecule has 1 aromatic carbocycles. The molecule has 0 aromatic heterocycles. The lowest BCUT2D eigenvalue weighted by Crippen LogP contribution is -2.68. The SMILES string of the molecule is CC(C)=CCC1(/C=C2/C(=O)Nc3ccccc32)NC(=O)[C@@H]2CCCN2C1=O. The number of benzene rings is 1. The van der Waals surface area contributed by atoms with E-state index in [1.165, 1.54) is 0 Å². The summed E-state index contributed by atoms with van der Waals surface area (Å²) in [7, 11) is 0. The number of rotatable bonds is 3. The minimum Gasteiger partial charge on any atom is -0.336 e. The number of fused-ring (bicyclic) bond motifs is 2. The van der Waals surface area contributed by atoms with E-state index in [0.717, 1.165) is 23.2 Å². The minimum absolute atomic E-state index is 0.133. The Kier molecular flexibility index (Phi) is 4.13. The Hall–Kier alpha value is -2.89. The zero-order chi connectivity index (χ0) is 19.2. The van der Waals surface area contributed by atoms with E-state index in [1.807, 2.05) is 44.2 Å². The third-order valence-electron chi connectivity index (χ3n) is 5.48. The quantitative estimate of drug-likeness (QED) is 0.637. The molecule has 27 heavy (non-hydrogen) atoms. The average molecular weight is 365 g/mol. The smallest absolute Gasteiger partial charge is 0.256 e. The van der Waals surface area contributed by atoms with E-state index in [-0.39, 0.29) is 23.8 Å². The fourth-order valence-electron chi connectivity index (χ4n) is 4.08. The van der Waals surface area contributed by atoms with Crippen molar-refractivity contribution in [1.82, 2.24) is 10.2 Å². The maximum absolute atomic E-state index is 13.4. The van der Waals surface area contributed by atoms with Gasteiger partial charge in [-0.15, -0.1) is 0 Å². The molecule has 3 heterocycles. The molecule has 2 atom stereocenters. The predicted molar refractivity (Wildman–Crippen MR) is 103 cm³/mol. The Morgan fingerprint density at radius 1 is 1.26 bits per heavy atom. The molecule has 2 fully saturated rings. The fourth-order valence-corrected chi connectivity index (χ4v) is 4.08. The average Bonchev–Trinajstić information content (AvgIpc) is 3.24. The molecule has 140 valence electrons. The highest BCUT2D eigenvalue weighted by Gasteiger charge is 2.51. The Morgan fingerprint density at radius 3 is 2.81 bits per heavy atom. The maximum atomic E-state index is 13.4. The molecule has 2 saturated heterocycles. The van der Waals surface area contributed by atoms with Crippen LogP contribution in [0.25, 0.3) is 5.57 Å². The van der Waals surface area contributed by atoms with E-state index in [0.29, 0.717) is 25.0 Å². The molecule has 3 aliphatic rings. The molecule has 0 aliphatic carbocycles. The number of nitrogens with zero attached hydrogens (tertiary/aromatic N) is 1. The molecule has 4 rings (SSSR count). The van der Waals surface area contributed by atoms with Crippen molar-refractivity contribution in [3.05, 3.63) is 47.6 Å². The van der Waals surface area contributed by atoms with Crippen molar-refractivity contribution in [2.24, 2.45) is 0 Å². The molecule has 0 saturated carbocycles. The third-order valence-corrected chi connectivity index (χ3v) is 5.48. The van der Waals surface area contributed by atoms with Gasteiger partial charge in [-0.3, -0.25) is 14.4 Å². The van der Waals surface area contributed by atoms with Gasteiger partial charge in [0.1, 0.15) is 11.6 Å². The second-order valence-electron chi connectivity index (χ2n) is 7.66. The van der Waals surface area contributed by atoms with Crippen LogP contribution in [0.1, 0.15) is 38.7 Å². The van der Waals surface area contributed by atoms with Gasteiger partial charge in [0, 0.05) is 29.8 Å². The standard InChI is InChI=1S/C21H23N3O3/c1-13(2)9-10-21(20(27)24-11-5-8-17(24)19(26)23-21)12-15-14-6-3-4-7-16(14)22-18(15)25/h3-4,6-7,9,12,17H,5,8,10-11H2,1-2H3,(H,22,25)(H,23,26)/b15-12+/t17-,21?/m0/s1. The van der Waals surface area contributed by atoms with Crippen molar-refractivity contribution in [2.75, 3.05) is 11.9 Å². The van der Waals surface area contributed by atoms with Gasteiger partial charge in [0.15, 0.2) is 0 Å². The van der Waals surface area contributed by atoms with Crippen LogP contribution in [-0.2, 0) is 14.4 Å². The van der Waals surface area contributed by atoms with Crippen LogP contribution in [0.5, 0.6) is 0 Å². The molecule has 6 heteroatoms. The van der Waals surface area contributed by atoms with Gasteiger partial charge >= 0.3 is 0 Å². The molecule has 0 bridgehead atoms. The number of piperazine rings is 1. The van der Waals surface area contributed by atoms with Gasteiger partial charge in [0.25, 0.3) is 11.8 Å². The van der Waals surface area contributed by atoms with Crippen LogP contribution >= 0.6 is 0 Å². The van der Waals surface area contributed by atoms with Gasteiger partial charge < -0.3 is 15.5 Å². The molecule has 0 radical (unpaired) electrons. The third kappa shape index (κ3) is 2.85. The van der Waals surface area contributed by atoms with E-state index >= 15 is 0 Å². The topological polar surface area (TPSA) is 78.5 Å². The summed E-state index contributed by atoms with van der Waals surface area (Å²) in [5.74, 6) is -0.525. The first-order chi connectivity index (χ1) is 12.9. The van der Waals surface area contributed by atoms with Crippen molar-refractivity contribution in [3.8, 4) is 0 Å². The van der Waals surface area contributed by atoms with E-state index in [1.54, 1.807) is 11.0 Å². The van der Waals surface area contributed by atoms with E-state index in [9.17, 15) is 14.4 Å². The summed E-state index contributed by atoms with van der Waals surface area (Å²) in [4.78, 5) is 40.4. The summed E-state index contributed by atoms with van der Waals surface area (Å²) < 4.78 is 0. The first-order valence-electron chi connectivity index (χ1n) is 9.31. The highest BCUT2D eigenvalue weighted by Crippen LogP contribution is 2.36. The summed E-state index contributed by atoms with van der Waals surface area (Å²) in [6, 6.07) is 6.99. The first-order valence-corrected chi connectivity index (χ1v) is 9.31. The van der Waals surface area contributed by atoms with Crippen molar-refractivity contribution in [3.63, 3.8) is 0 Å². The molecule has 2 N–H and O–H groups in total. The summed E-state index contributed by atoms with van der Waals surface area (Å²) in [6.07, 6.45) is 5.42. The predicted octanol–water partition coefficient (Wildman–Crippen LogP) is 2.24. The number of anilines is 1. The summed E-state index contributed by atoms with van der Waals surface area (Å²) in [5.41, 5.74) is 1.72. The molecule has 3 aliphatic heterocycles. The number of hydrogen-bond donors (Lipinski definition) is 2. The summed E-state index contributed by atoms with van der Waals surface area (Å²) >= 11 is 0. The maximum Gasteiger partial charge on any atom is 0.256 e. The van der Waals surface area contributed by atoms with Crippen LogP contribution in [0, 0.1) is 0 Å². The molecule has 3 amide bonds. The summed E-state index contributed by atoms with van der Waals surface area (Å²) in [6.45, 7) is 4.48. The van der Waals surface area contributed by atoms with Crippen LogP contribution in [0.3, 0.4) is 0 Å². The second-order valence-corrected chi connectivity index (χ2v) is 7.66. The number of para-hydroxylation sites is 1. The van der Waals surface area contributed by atoms with E-state index in [4.69, 9.17) is 0 Å². The van der Waals surface area contributed by atoms with Crippen molar-refractivity contribution in [1.29, 1.82) is 0 Å². The minimum atomic E-state index is -1.24. The molecule has 6 nitrogen and oxygen atoms in total. The van der Waals surface area contributed by atoms with E-state index < -0.39 is 5.54 Å². The molecular weight excluding hydrogens is 342 g/mol. The van der Waals surface area contributed by atoms with Crippen LogP contribution in [0.15, 0.2) is 42.0 Å². The number of carbonyl (C=O) groups is 3. The highest BCUT2D eigenvalue weighted by molar-refractivity contribution is 6.32. The van der Waals surface area contributed by atoms with Crippen LogP contribution < -0.4 is 10.6 Å². The number of hydrogen-bond acceptors (Lipinski definition) is 3. The number of carbonyl (C=O) groups excluding carboxylic acids is 3. The molecule has 1 unspecified atom stereocenters. The van der Waals surface area contributed by atoms with Crippen LogP contribution in [0.4, 0.5) is 5.69 Å². The zero-order valence-electron chi connectivity index (χ0n) is 15.5. The Bertz CT molecular complexity index is 898.